The molecule has 1 heterocycles. The molecular formula is C19H23Cl2N3OS. The van der Waals surface area contributed by atoms with E-state index in [0.717, 1.165) is 28.1 Å². The molecule has 7 heteroatoms. The number of rotatable bonds is 5. The summed E-state index contributed by atoms with van der Waals surface area (Å²) >= 11 is 1.64. The second-order valence-electron chi connectivity index (χ2n) is 5.81. The van der Waals surface area contributed by atoms with E-state index in [9.17, 15) is 5.11 Å². The molecule has 0 fully saturated rings. The highest BCUT2D eigenvalue weighted by Crippen LogP contribution is 2.33. The van der Waals surface area contributed by atoms with Gasteiger partial charge in [0.2, 0.25) is 0 Å². The van der Waals surface area contributed by atoms with Crippen molar-refractivity contribution in [1.82, 2.24) is 0 Å². The van der Waals surface area contributed by atoms with Crippen molar-refractivity contribution >= 4 is 53.2 Å². The molecule has 2 aromatic carbocycles. The Bertz CT molecular complexity index is 852. The fourth-order valence-corrected chi connectivity index (χ4v) is 3.47. The summed E-state index contributed by atoms with van der Waals surface area (Å²) in [6.07, 6.45) is -0.476. The van der Waals surface area contributed by atoms with E-state index < -0.39 is 6.10 Å². The van der Waals surface area contributed by atoms with Crippen LogP contribution in [0.25, 0.3) is 11.1 Å². The monoisotopic (exact) mass is 411 g/mol. The van der Waals surface area contributed by atoms with Crippen molar-refractivity contribution in [1.29, 1.82) is 0 Å². The van der Waals surface area contributed by atoms with Crippen molar-refractivity contribution in [2.24, 2.45) is 0 Å². The molecular weight excluding hydrogens is 389 g/mol. The van der Waals surface area contributed by atoms with Crippen molar-refractivity contribution in [2.75, 3.05) is 16.8 Å². The molecule has 3 rings (SSSR count). The van der Waals surface area contributed by atoms with E-state index in [2.05, 4.69) is 16.1 Å². The highest BCUT2D eigenvalue weighted by atomic mass is 35.5. The van der Waals surface area contributed by atoms with Crippen molar-refractivity contribution in [3.05, 3.63) is 64.4 Å². The van der Waals surface area contributed by atoms with E-state index in [0.29, 0.717) is 12.2 Å². The summed E-state index contributed by atoms with van der Waals surface area (Å²) in [7, 11) is 0. The van der Waals surface area contributed by atoms with Crippen molar-refractivity contribution < 1.29 is 5.11 Å². The van der Waals surface area contributed by atoms with Gasteiger partial charge in [0.05, 0.1) is 6.10 Å². The molecule has 0 aliphatic rings. The lowest BCUT2D eigenvalue weighted by molar-refractivity contribution is 0.199. The largest absolute Gasteiger partial charge is 0.399 e. The van der Waals surface area contributed by atoms with Gasteiger partial charge in [0.15, 0.2) is 0 Å². The molecule has 6 N–H and O–H groups in total. The van der Waals surface area contributed by atoms with Gasteiger partial charge in [0, 0.05) is 29.2 Å². The molecule has 1 unspecified atom stereocenters. The predicted octanol–water partition coefficient (Wildman–Crippen LogP) is 5.09. The molecule has 0 aliphatic carbocycles. The van der Waals surface area contributed by atoms with Crippen LogP contribution in [-0.4, -0.2) is 5.11 Å². The van der Waals surface area contributed by atoms with Crippen LogP contribution in [0.5, 0.6) is 0 Å². The number of nitrogens with one attached hydrogen (secondary N) is 1. The molecule has 0 saturated heterocycles. The fraction of sp³-hybridized carbons (Fsp3) is 0.158. The maximum Gasteiger partial charge on any atom is 0.0762 e. The van der Waals surface area contributed by atoms with Gasteiger partial charge >= 0.3 is 0 Å². The number of anilines is 3. The van der Waals surface area contributed by atoms with Crippen LogP contribution in [0.2, 0.25) is 0 Å². The molecule has 0 aliphatic heterocycles. The van der Waals surface area contributed by atoms with Crippen LogP contribution in [0.1, 0.15) is 24.2 Å². The van der Waals surface area contributed by atoms with Crippen molar-refractivity contribution in [2.45, 2.75) is 19.6 Å². The fourth-order valence-electron chi connectivity index (χ4n) is 2.61. The first-order valence-electron chi connectivity index (χ1n) is 7.77. The highest BCUT2D eigenvalue weighted by Gasteiger charge is 2.10. The number of thiophene rings is 1. The maximum atomic E-state index is 9.70. The number of hydrogen-bond acceptors (Lipinski definition) is 5. The number of benzene rings is 2. The third-order valence-electron chi connectivity index (χ3n) is 3.96. The zero-order valence-electron chi connectivity index (χ0n) is 14.3. The molecule has 1 atom stereocenters. The van der Waals surface area contributed by atoms with E-state index in [1.165, 1.54) is 5.56 Å². The third kappa shape index (κ3) is 5.05. The molecule has 0 spiro atoms. The number of nitrogen functional groups attached to an aromatic ring is 2. The first-order valence-corrected chi connectivity index (χ1v) is 8.71. The number of halogens is 2. The first kappa shape index (κ1) is 22.1. The molecule has 4 nitrogen and oxygen atoms in total. The summed E-state index contributed by atoms with van der Waals surface area (Å²) in [6.45, 7) is 2.44. The smallest absolute Gasteiger partial charge is 0.0762 e. The van der Waals surface area contributed by atoms with Gasteiger partial charge in [0.1, 0.15) is 0 Å². The number of aliphatic hydroxyl groups is 1. The zero-order chi connectivity index (χ0) is 17.1. The van der Waals surface area contributed by atoms with Crippen molar-refractivity contribution in [3.8, 4) is 11.1 Å². The molecule has 0 amide bonds. The van der Waals surface area contributed by atoms with E-state index in [4.69, 9.17) is 11.5 Å². The molecule has 0 saturated carbocycles. The Balaban J connectivity index is 0.00000169. The second-order valence-corrected chi connectivity index (χ2v) is 6.56. The van der Waals surface area contributed by atoms with Gasteiger partial charge in [-0.1, -0.05) is 12.1 Å². The Labute approximate surface area is 170 Å². The van der Waals surface area contributed by atoms with Crippen LogP contribution in [0.4, 0.5) is 17.1 Å². The van der Waals surface area contributed by atoms with Crippen molar-refractivity contribution in [3.63, 3.8) is 0 Å². The summed E-state index contributed by atoms with van der Waals surface area (Å²) in [4.78, 5) is 0. The van der Waals surface area contributed by atoms with Gasteiger partial charge < -0.3 is 21.9 Å². The lowest BCUT2D eigenvalue weighted by Crippen LogP contribution is -2.01. The molecule has 140 valence electrons. The van der Waals surface area contributed by atoms with E-state index >= 15 is 0 Å². The van der Waals surface area contributed by atoms with Crippen LogP contribution in [0.3, 0.4) is 0 Å². The van der Waals surface area contributed by atoms with Gasteiger partial charge in [-0.2, -0.15) is 11.3 Å². The average molecular weight is 412 g/mol. The van der Waals surface area contributed by atoms with E-state index in [1.807, 2.05) is 42.5 Å². The quantitative estimate of drug-likeness (QED) is 0.440. The lowest BCUT2D eigenvalue weighted by atomic mass is 10.0. The predicted molar refractivity (Wildman–Crippen MR) is 117 cm³/mol. The average Bonchev–Trinajstić information content (AvgIpc) is 3.03. The van der Waals surface area contributed by atoms with Crippen LogP contribution in [-0.2, 0) is 6.54 Å². The van der Waals surface area contributed by atoms with Gasteiger partial charge in [-0.3, -0.25) is 0 Å². The Morgan fingerprint density at radius 1 is 1.04 bits per heavy atom. The Kier molecular flexibility index (Phi) is 8.24. The first-order chi connectivity index (χ1) is 11.5. The summed E-state index contributed by atoms with van der Waals surface area (Å²) in [5.41, 5.74) is 18.5. The molecule has 26 heavy (non-hydrogen) atoms. The van der Waals surface area contributed by atoms with Crippen LogP contribution < -0.4 is 16.8 Å². The lowest BCUT2D eigenvalue weighted by Gasteiger charge is -2.12. The SMILES string of the molecule is CC(O)c1cccc(NCc2cscc2-c2cc(N)ccc2N)c1.Cl.Cl. The second kappa shape index (κ2) is 9.69. The number of nitrogens with two attached hydrogens (primary N) is 2. The molecule has 0 bridgehead atoms. The summed E-state index contributed by atoms with van der Waals surface area (Å²) < 4.78 is 0. The Morgan fingerprint density at radius 2 is 1.81 bits per heavy atom. The summed E-state index contributed by atoms with van der Waals surface area (Å²) in [6, 6.07) is 13.4. The Hall–Kier alpha value is -1.92. The third-order valence-corrected chi connectivity index (χ3v) is 4.75. The normalized spacial score (nSPS) is 11.2. The van der Waals surface area contributed by atoms with Gasteiger partial charge in [-0.15, -0.1) is 24.8 Å². The van der Waals surface area contributed by atoms with Crippen LogP contribution in [0, 0.1) is 0 Å². The summed E-state index contributed by atoms with van der Waals surface area (Å²) in [5, 5.41) is 17.3. The standard InChI is InChI=1S/C19H21N3OS.2ClH/c1-12(23)13-3-2-4-16(7-13)22-9-14-10-24-11-18(14)17-8-15(20)5-6-19(17)21;;/h2-8,10-12,22-23H,9,20-21H2,1H3;2*1H. The zero-order valence-corrected chi connectivity index (χ0v) is 16.8. The highest BCUT2D eigenvalue weighted by molar-refractivity contribution is 7.08. The van der Waals surface area contributed by atoms with Crippen LogP contribution in [0.15, 0.2) is 53.2 Å². The number of aliphatic hydroxyl groups excluding tert-OH is 1. The minimum Gasteiger partial charge on any atom is -0.399 e. The van der Waals surface area contributed by atoms with Gasteiger partial charge in [-0.05, 0) is 64.7 Å². The minimum absolute atomic E-state index is 0. The molecule has 1 aromatic heterocycles. The van der Waals surface area contributed by atoms with Gasteiger partial charge in [0.25, 0.3) is 0 Å². The van der Waals surface area contributed by atoms with Gasteiger partial charge in [-0.25, -0.2) is 0 Å². The maximum absolute atomic E-state index is 9.70. The van der Waals surface area contributed by atoms with Crippen LogP contribution >= 0.6 is 36.2 Å². The topological polar surface area (TPSA) is 84.3 Å². The van der Waals surface area contributed by atoms with E-state index in [1.54, 1.807) is 18.3 Å². The minimum atomic E-state index is -0.476. The molecule has 3 aromatic rings. The van der Waals surface area contributed by atoms with E-state index in [-0.39, 0.29) is 24.8 Å². The Morgan fingerprint density at radius 3 is 2.54 bits per heavy atom. The number of hydrogen-bond donors (Lipinski definition) is 4. The summed E-state index contributed by atoms with van der Waals surface area (Å²) in [5.74, 6) is 0. The molecule has 0 radical (unpaired) electrons.